The molecular formula is C24H31NO3. The molecule has 0 heterocycles. The molecule has 1 N–H and O–H groups in total. The van der Waals surface area contributed by atoms with Gasteiger partial charge in [-0.1, -0.05) is 47.6 Å². The molecule has 0 bridgehead atoms. The van der Waals surface area contributed by atoms with Gasteiger partial charge in [-0.2, -0.15) is 0 Å². The first-order valence-electron chi connectivity index (χ1n) is 9.62. The van der Waals surface area contributed by atoms with Crippen molar-refractivity contribution in [2.24, 2.45) is 4.99 Å². The minimum absolute atomic E-state index is 0.0441. The van der Waals surface area contributed by atoms with E-state index in [-0.39, 0.29) is 22.5 Å². The molecule has 0 unspecified atom stereocenters. The summed E-state index contributed by atoms with van der Waals surface area (Å²) in [7, 11) is 0. The molecule has 0 aliphatic heterocycles. The average molecular weight is 382 g/mol. The standard InChI is InChI=1S/C24H31NO3/c1-8-28-22(27)16-9-11-19(12-10-16)25-15-17-13-18(23(2,3)4)14-20(21(17)26)24(5,6)7/h9-15,26H,8H2,1-7H3. The summed E-state index contributed by atoms with van der Waals surface area (Å²) in [6.45, 7) is 14.8. The van der Waals surface area contributed by atoms with Crippen molar-refractivity contribution >= 4 is 17.9 Å². The molecule has 2 aromatic rings. The van der Waals surface area contributed by atoms with E-state index >= 15 is 0 Å². The fourth-order valence-corrected chi connectivity index (χ4v) is 2.80. The second-order valence-electron chi connectivity index (χ2n) is 8.99. The molecule has 0 amide bonds. The molecule has 28 heavy (non-hydrogen) atoms. The predicted molar refractivity (Wildman–Crippen MR) is 115 cm³/mol. The van der Waals surface area contributed by atoms with Gasteiger partial charge in [-0.05, 0) is 53.6 Å². The van der Waals surface area contributed by atoms with Crippen LogP contribution < -0.4 is 0 Å². The van der Waals surface area contributed by atoms with Crippen molar-refractivity contribution < 1.29 is 14.6 Å². The molecule has 150 valence electrons. The van der Waals surface area contributed by atoms with Gasteiger partial charge in [-0.3, -0.25) is 4.99 Å². The van der Waals surface area contributed by atoms with Crippen LogP contribution in [0.2, 0.25) is 0 Å². The Morgan fingerprint density at radius 2 is 1.64 bits per heavy atom. The molecule has 0 aliphatic rings. The van der Waals surface area contributed by atoms with E-state index in [0.717, 1.165) is 11.1 Å². The first-order chi connectivity index (χ1) is 12.9. The van der Waals surface area contributed by atoms with Crippen LogP contribution in [0.4, 0.5) is 5.69 Å². The van der Waals surface area contributed by atoms with Crippen LogP contribution in [-0.2, 0) is 15.6 Å². The van der Waals surface area contributed by atoms with Crippen LogP contribution in [0.1, 0.15) is 75.5 Å². The van der Waals surface area contributed by atoms with Crippen molar-refractivity contribution in [3.05, 3.63) is 58.7 Å². The van der Waals surface area contributed by atoms with Crippen molar-refractivity contribution in [3.8, 4) is 5.75 Å². The number of aliphatic imine (C=N–C) groups is 1. The smallest absolute Gasteiger partial charge is 0.338 e. The largest absolute Gasteiger partial charge is 0.507 e. The third-order valence-corrected chi connectivity index (χ3v) is 4.54. The van der Waals surface area contributed by atoms with Crippen LogP contribution in [0.5, 0.6) is 5.75 Å². The molecular weight excluding hydrogens is 350 g/mol. The van der Waals surface area contributed by atoms with E-state index in [2.05, 4.69) is 52.6 Å². The fourth-order valence-electron chi connectivity index (χ4n) is 2.80. The first-order valence-corrected chi connectivity index (χ1v) is 9.62. The van der Waals surface area contributed by atoms with E-state index in [9.17, 15) is 9.90 Å². The zero-order valence-corrected chi connectivity index (χ0v) is 18.0. The summed E-state index contributed by atoms with van der Waals surface area (Å²) in [6, 6.07) is 11.0. The zero-order valence-electron chi connectivity index (χ0n) is 18.0. The Hall–Kier alpha value is -2.62. The Morgan fingerprint density at radius 1 is 1.04 bits per heavy atom. The van der Waals surface area contributed by atoms with Gasteiger partial charge in [-0.15, -0.1) is 0 Å². The van der Waals surface area contributed by atoms with Gasteiger partial charge in [0, 0.05) is 17.3 Å². The lowest BCUT2D eigenvalue weighted by Gasteiger charge is -2.26. The van der Waals surface area contributed by atoms with Crippen LogP contribution >= 0.6 is 0 Å². The quantitative estimate of drug-likeness (QED) is 0.529. The normalized spacial score (nSPS) is 12.4. The van der Waals surface area contributed by atoms with Gasteiger partial charge < -0.3 is 9.84 Å². The van der Waals surface area contributed by atoms with Crippen LogP contribution in [0.15, 0.2) is 41.4 Å². The maximum atomic E-state index is 11.7. The molecule has 2 rings (SSSR count). The topological polar surface area (TPSA) is 58.9 Å². The Labute approximate surface area is 168 Å². The van der Waals surface area contributed by atoms with Crippen molar-refractivity contribution in [1.82, 2.24) is 0 Å². The van der Waals surface area contributed by atoms with Crippen LogP contribution in [0.25, 0.3) is 0 Å². The molecule has 0 spiro atoms. The maximum absolute atomic E-state index is 11.7. The third kappa shape index (κ3) is 5.22. The second kappa shape index (κ2) is 8.17. The maximum Gasteiger partial charge on any atom is 0.338 e. The van der Waals surface area contributed by atoms with Gasteiger partial charge in [0.2, 0.25) is 0 Å². The molecule has 0 saturated carbocycles. The van der Waals surface area contributed by atoms with E-state index < -0.39 is 0 Å². The summed E-state index contributed by atoms with van der Waals surface area (Å²) in [4.78, 5) is 16.2. The number of carbonyl (C=O) groups is 1. The molecule has 0 fully saturated rings. The summed E-state index contributed by atoms with van der Waals surface area (Å²) < 4.78 is 4.99. The monoisotopic (exact) mass is 381 g/mol. The fraction of sp³-hybridized carbons (Fsp3) is 0.417. The van der Waals surface area contributed by atoms with Crippen LogP contribution in [0, 0.1) is 0 Å². The highest BCUT2D eigenvalue weighted by atomic mass is 16.5. The van der Waals surface area contributed by atoms with E-state index in [1.54, 1.807) is 37.4 Å². The van der Waals surface area contributed by atoms with Gasteiger partial charge in [0.05, 0.1) is 17.9 Å². The van der Waals surface area contributed by atoms with Gasteiger partial charge in [0.15, 0.2) is 0 Å². The van der Waals surface area contributed by atoms with Crippen LogP contribution in [-0.4, -0.2) is 23.9 Å². The summed E-state index contributed by atoms with van der Waals surface area (Å²) in [5, 5.41) is 10.8. The number of nitrogens with zero attached hydrogens (tertiary/aromatic N) is 1. The molecule has 2 aromatic carbocycles. The van der Waals surface area contributed by atoms with Gasteiger partial charge in [0.25, 0.3) is 0 Å². The third-order valence-electron chi connectivity index (χ3n) is 4.54. The molecule has 4 nitrogen and oxygen atoms in total. The minimum atomic E-state index is -0.344. The van der Waals surface area contributed by atoms with Crippen molar-refractivity contribution in [2.45, 2.75) is 59.3 Å². The van der Waals surface area contributed by atoms with Gasteiger partial charge >= 0.3 is 5.97 Å². The second-order valence-corrected chi connectivity index (χ2v) is 8.99. The van der Waals surface area contributed by atoms with Gasteiger partial charge in [0.1, 0.15) is 5.75 Å². The first kappa shape index (κ1) is 21.7. The van der Waals surface area contributed by atoms with Crippen molar-refractivity contribution in [3.63, 3.8) is 0 Å². The highest BCUT2D eigenvalue weighted by Gasteiger charge is 2.24. The Kier molecular flexibility index (Phi) is 6.33. The number of phenols is 1. The zero-order chi connectivity index (χ0) is 21.1. The number of hydrogen-bond donors (Lipinski definition) is 1. The van der Waals surface area contributed by atoms with Gasteiger partial charge in [-0.25, -0.2) is 4.79 Å². The summed E-state index contributed by atoms with van der Waals surface area (Å²) in [5.41, 5.74) is 3.70. The van der Waals surface area contributed by atoms with E-state index in [0.29, 0.717) is 23.4 Å². The highest BCUT2D eigenvalue weighted by Crippen LogP contribution is 2.37. The molecule has 0 aromatic heterocycles. The molecule has 0 aliphatic carbocycles. The molecule has 0 atom stereocenters. The van der Waals surface area contributed by atoms with Crippen molar-refractivity contribution in [2.75, 3.05) is 6.61 Å². The lowest BCUT2D eigenvalue weighted by Crippen LogP contribution is -2.17. The van der Waals surface area contributed by atoms with E-state index in [1.165, 1.54) is 0 Å². The van der Waals surface area contributed by atoms with Crippen molar-refractivity contribution in [1.29, 1.82) is 0 Å². The Bertz CT molecular complexity index is 866. The number of carbonyl (C=O) groups excluding carboxylic acids is 1. The Morgan fingerprint density at radius 3 is 2.14 bits per heavy atom. The number of ether oxygens (including phenoxy) is 1. The van der Waals surface area contributed by atoms with E-state index in [1.807, 2.05) is 6.07 Å². The SMILES string of the molecule is CCOC(=O)c1ccc(N=Cc2cc(C(C)(C)C)cc(C(C)(C)C)c2O)cc1. The number of benzene rings is 2. The average Bonchev–Trinajstić information content (AvgIpc) is 2.59. The highest BCUT2D eigenvalue weighted by molar-refractivity contribution is 5.90. The molecule has 0 saturated heterocycles. The summed E-state index contributed by atoms with van der Waals surface area (Å²) in [5.74, 6) is -0.0873. The lowest BCUT2D eigenvalue weighted by molar-refractivity contribution is 0.0526. The molecule has 4 heteroatoms. The number of hydrogen-bond acceptors (Lipinski definition) is 4. The summed E-state index contributed by atoms with van der Waals surface area (Å²) >= 11 is 0. The Balaban J connectivity index is 2.41. The lowest BCUT2D eigenvalue weighted by atomic mass is 9.79. The number of esters is 1. The predicted octanol–water partition coefficient (Wildman–Crippen LogP) is 5.91. The number of phenolic OH excluding ortho intramolecular Hbond substituents is 1. The summed E-state index contributed by atoms with van der Waals surface area (Å²) in [6.07, 6.45) is 1.68. The molecule has 0 radical (unpaired) electrons. The van der Waals surface area contributed by atoms with E-state index in [4.69, 9.17) is 4.74 Å². The minimum Gasteiger partial charge on any atom is -0.507 e. The number of aromatic hydroxyl groups is 1. The number of rotatable bonds is 4. The van der Waals surface area contributed by atoms with Crippen LogP contribution in [0.3, 0.4) is 0 Å².